The molecule has 2 heterocycles. The number of morpholine rings is 1. The van der Waals surface area contributed by atoms with Crippen LogP contribution in [0, 0.1) is 0 Å². The Labute approximate surface area is 149 Å². The van der Waals surface area contributed by atoms with Gasteiger partial charge in [-0.3, -0.25) is 5.43 Å². The van der Waals surface area contributed by atoms with Crippen LogP contribution >= 0.6 is 0 Å². The Hall–Kier alpha value is -2.61. The van der Waals surface area contributed by atoms with Crippen LogP contribution in [0.3, 0.4) is 0 Å². The molecule has 1 aliphatic rings. The zero-order chi connectivity index (χ0) is 18.6. The Morgan fingerprint density at radius 3 is 2.38 bits per heavy atom. The molecule has 0 amide bonds. The molecule has 0 unspecified atom stereocenters. The largest absolute Gasteiger partial charge is 0.417 e. The summed E-state index contributed by atoms with van der Waals surface area (Å²) < 4.78 is 42.9. The number of hydrazone groups is 1. The third-order valence-corrected chi connectivity index (χ3v) is 4.09. The molecule has 26 heavy (non-hydrogen) atoms. The first-order valence-corrected chi connectivity index (χ1v) is 8.20. The van der Waals surface area contributed by atoms with E-state index >= 15 is 0 Å². The fourth-order valence-corrected chi connectivity index (χ4v) is 2.57. The minimum absolute atomic E-state index is 0.252. The van der Waals surface area contributed by atoms with Gasteiger partial charge in [0.1, 0.15) is 5.82 Å². The van der Waals surface area contributed by atoms with Crippen LogP contribution < -0.4 is 10.3 Å². The average Bonchev–Trinajstić information content (AvgIpc) is 2.66. The molecule has 1 N–H and O–H groups in total. The highest BCUT2D eigenvalue weighted by atomic mass is 19.4. The Morgan fingerprint density at radius 2 is 1.81 bits per heavy atom. The van der Waals surface area contributed by atoms with E-state index in [9.17, 15) is 13.2 Å². The molecule has 1 aromatic heterocycles. The molecule has 138 valence electrons. The lowest BCUT2D eigenvalue weighted by Crippen LogP contribution is -2.36. The van der Waals surface area contributed by atoms with Crippen molar-refractivity contribution in [2.45, 2.75) is 13.1 Å². The highest BCUT2D eigenvalue weighted by molar-refractivity contribution is 5.99. The van der Waals surface area contributed by atoms with Crippen LogP contribution in [-0.2, 0) is 10.9 Å². The second-order valence-electron chi connectivity index (χ2n) is 5.89. The van der Waals surface area contributed by atoms with Crippen molar-refractivity contribution in [2.75, 3.05) is 36.6 Å². The van der Waals surface area contributed by atoms with Gasteiger partial charge in [0.05, 0.1) is 24.5 Å². The van der Waals surface area contributed by atoms with Crippen molar-refractivity contribution in [1.82, 2.24) is 4.98 Å². The molecule has 5 nitrogen and oxygen atoms in total. The van der Waals surface area contributed by atoms with Gasteiger partial charge >= 0.3 is 6.18 Å². The van der Waals surface area contributed by atoms with Gasteiger partial charge in [-0.25, -0.2) is 4.98 Å². The number of benzene rings is 1. The van der Waals surface area contributed by atoms with Crippen LogP contribution in [-0.4, -0.2) is 37.0 Å². The fraction of sp³-hybridized carbons (Fsp3) is 0.333. The van der Waals surface area contributed by atoms with Crippen molar-refractivity contribution in [1.29, 1.82) is 0 Å². The van der Waals surface area contributed by atoms with Crippen molar-refractivity contribution in [3.63, 3.8) is 0 Å². The third-order valence-electron chi connectivity index (χ3n) is 4.09. The third kappa shape index (κ3) is 4.51. The predicted molar refractivity (Wildman–Crippen MR) is 94.5 cm³/mol. The van der Waals surface area contributed by atoms with Crippen LogP contribution in [0.4, 0.5) is 24.7 Å². The fourth-order valence-electron chi connectivity index (χ4n) is 2.57. The van der Waals surface area contributed by atoms with Gasteiger partial charge in [-0.05, 0) is 36.8 Å². The van der Waals surface area contributed by atoms with Gasteiger partial charge in [0.2, 0.25) is 0 Å². The Balaban J connectivity index is 1.64. The van der Waals surface area contributed by atoms with Crippen molar-refractivity contribution in [2.24, 2.45) is 5.10 Å². The van der Waals surface area contributed by atoms with E-state index in [1.807, 2.05) is 31.2 Å². The van der Waals surface area contributed by atoms with Crippen molar-refractivity contribution >= 4 is 17.2 Å². The predicted octanol–water partition coefficient (Wildman–Crippen LogP) is 3.77. The number of ether oxygens (including phenoxy) is 1. The molecule has 0 bridgehead atoms. The van der Waals surface area contributed by atoms with Gasteiger partial charge in [0.25, 0.3) is 0 Å². The molecule has 1 aliphatic heterocycles. The monoisotopic (exact) mass is 364 g/mol. The number of halogens is 3. The summed E-state index contributed by atoms with van der Waals surface area (Å²) in [6.07, 6.45) is -3.61. The summed E-state index contributed by atoms with van der Waals surface area (Å²) in [7, 11) is 0. The quantitative estimate of drug-likeness (QED) is 0.663. The second-order valence-corrected chi connectivity index (χ2v) is 5.89. The van der Waals surface area contributed by atoms with Crippen LogP contribution in [0.2, 0.25) is 0 Å². The number of alkyl halides is 3. The van der Waals surface area contributed by atoms with Crippen LogP contribution in [0.25, 0.3) is 0 Å². The zero-order valence-electron chi connectivity index (χ0n) is 14.3. The average molecular weight is 364 g/mol. The molecule has 0 atom stereocenters. The summed E-state index contributed by atoms with van der Waals surface area (Å²) in [5, 5.41) is 4.19. The highest BCUT2D eigenvalue weighted by Gasteiger charge is 2.30. The minimum Gasteiger partial charge on any atom is -0.378 e. The molecule has 1 saturated heterocycles. The maximum absolute atomic E-state index is 12.5. The van der Waals surface area contributed by atoms with E-state index in [0.717, 1.165) is 49.8 Å². The zero-order valence-corrected chi connectivity index (χ0v) is 14.3. The number of nitrogens with zero attached hydrogens (tertiary/aromatic N) is 3. The second kappa shape index (κ2) is 7.74. The van der Waals surface area contributed by atoms with Crippen molar-refractivity contribution in [3.8, 4) is 0 Å². The summed E-state index contributed by atoms with van der Waals surface area (Å²) in [4.78, 5) is 5.98. The molecule has 0 saturated carbocycles. The first-order chi connectivity index (χ1) is 12.4. The summed E-state index contributed by atoms with van der Waals surface area (Å²) in [6.45, 7) is 5.01. The summed E-state index contributed by atoms with van der Waals surface area (Å²) in [6, 6.07) is 10.2. The van der Waals surface area contributed by atoms with Crippen LogP contribution in [0.5, 0.6) is 0 Å². The van der Waals surface area contributed by atoms with Gasteiger partial charge in [-0.1, -0.05) is 12.1 Å². The number of pyridine rings is 1. The standard InChI is InChI=1S/C18H19F3N4O/c1-13(23-24-17-7-4-15(12-22-17)18(19,20)21)14-2-5-16(6-3-14)25-8-10-26-11-9-25/h2-7,12H,8-11H2,1H3,(H,22,24)/b23-13-. The Kier molecular flexibility index (Phi) is 5.41. The number of hydrogen-bond acceptors (Lipinski definition) is 5. The molecule has 8 heteroatoms. The van der Waals surface area contributed by atoms with E-state index < -0.39 is 11.7 Å². The summed E-state index contributed by atoms with van der Waals surface area (Å²) in [5.74, 6) is 0.252. The van der Waals surface area contributed by atoms with Crippen molar-refractivity contribution in [3.05, 3.63) is 53.7 Å². The number of anilines is 2. The van der Waals surface area contributed by atoms with E-state index in [0.29, 0.717) is 5.71 Å². The molecular weight excluding hydrogens is 345 g/mol. The minimum atomic E-state index is -4.40. The van der Waals surface area contributed by atoms with Crippen LogP contribution in [0.1, 0.15) is 18.1 Å². The molecular formula is C18H19F3N4O. The summed E-state index contributed by atoms with van der Waals surface area (Å²) >= 11 is 0. The van der Waals surface area contributed by atoms with Gasteiger partial charge in [-0.15, -0.1) is 0 Å². The maximum Gasteiger partial charge on any atom is 0.417 e. The first-order valence-electron chi connectivity index (χ1n) is 8.20. The first kappa shape index (κ1) is 18.2. The van der Waals surface area contributed by atoms with E-state index in [-0.39, 0.29) is 5.82 Å². The highest BCUT2D eigenvalue weighted by Crippen LogP contribution is 2.28. The Bertz CT molecular complexity index is 752. The smallest absolute Gasteiger partial charge is 0.378 e. The molecule has 2 aromatic rings. The topological polar surface area (TPSA) is 49.8 Å². The molecule has 0 aliphatic carbocycles. The number of nitrogens with one attached hydrogen (secondary N) is 1. The van der Waals surface area contributed by atoms with Gasteiger partial charge in [-0.2, -0.15) is 18.3 Å². The lowest BCUT2D eigenvalue weighted by molar-refractivity contribution is -0.137. The maximum atomic E-state index is 12.5. The van der Waals surface area contributed by atoms with Gasteiger partial charge in [0.15, 0.2) is 0 Å². The molecule has 0 radical (unpaired) electrons. The summed E-state index contributed by atoms with van der Waals surface area (Å²) in [5.41, 5.74) is 4.65. The number of aromatic nitrogens is 1. The van der Waals surface area contributed by atoms with E-state index in [1.165, 1.54) is 6.07 Å². The van der Waals surface area contributed by atoms with Crippen molar-refractivity contribution < 1.29 is 17.9 Å². The van der Waals surface area contributed by atoms with E-state index in [1.54, 1.807) is 0 Å². The molecule has 1 aromatic carbocycles. The normalized spacial score (nSPS) is 15.8. The van der Waals surface area contributed by atoms with E-state index in [4.69, 9.17) is 4.74 Å². The van der Waals surface area contributed by atoms with Gasteiger partial charge < -0.3 is 9.64 Å². The Morgan fingerprint density at radius 1 is 1.12 bits per heavy atom. The molecule has 1 fully saturated rings. The van der Waals surface area contributed by atoms with E-state index in [2.05, 4.69) is 20.4 Å². The lowest BCUT2D eigenvalue weighted by Gasteiger charge is -2.28. The number of rotatable bonds is 4. The lowest BCUT2D eigenvalue weighted by atomic mass is 10.1. The number of hydrogen-bond donors (Lipinski definition) is 1. The molecule has 0 spiro atoms. The van der Waals surface area contributed by atoms with Gasteiger partial charge in [0, 0.05) is 25.0 Å². The molecule has 3 rings (SSSR count). The van der Waals surface area contributed by atoms with Crippen LogP contribution in [0.15, 0.2) is 47.7 Å². The SMILES string of the molecule is C/C(=N/Nc1ccc(C(F)(F)F)cn1)c1ccc(N2CCOCC2)cc1.